The van der Waals surface area contributed by atoms with E-state index >= 15 is 0 Å². The van der Waals surface area contributed by atoms with Gasteiger partial charge in [0.1, 0.15) is 8.56 Å². The fourth-order valence-corrected chi connectivity index (χ4v) is 10.0. The SMILES string of the molecule is CC(C)CCCCCCCCCCCCCCC[SiH](O)[SiH2][SiH3]. The molecular weight excluding hydrogens is 316 g/mol. The van der Waals surface area contributed by atoms with Crippen LogP contribution in [0.4, 0.5) is 0 Å². The van der Waals surface area contributed by atoms with Crippen LogP contribution in [0.25, 0.3) is 0 Å². The number of hydrogen-bond acceptors (Lipinski definition) is 1. The third-order valence-electron chi connectivity index (χ3n) is 4.79. The van der Waals surface area contributed by atoms with Gasteiger partial charge < -0.3 is 4.80 Å². The summed E-state index contributed by atoms with van der Waals surface area (Å²) in [4.78, 5) is 9.71. The zero-order chi connectivity index (χ0) is 16.5. The van der Waals surface area contributed by atoms with E-state index in [1.54, 1.807) is 0 Å². The topological polar surface area (TPSA) is 20.2 Å². The minimum absolute atomic E-state index is 0.105. The summed E-state index contributed by atoms with van der Waals surface area (Å²) in [5.41, 5.74) is 0. The molecule has 0 aliphatic carbocycles. The molecule has 0 aromatic rings. The first-order valence-electron chi connectivity index (χ1n) is 10.3. The van der Waals surface area contributed by atoms with E-state index in [1.807, 2.05) is 0 Å². The van der Waals surface area contributed by atoms with Crippen LogP contribution in [0.2, 0.25) is 6.04 Å². The summed E-state index contributed by atoms with van der Waals surface area (Å²) in [5.74, 6) is 0.891. The van der Waals surface area contributed by atoms with E-state index in [0.717, 1.165) is 5.92 Å². The molecule has 1 atom stereocenters. The van der Waals surface area contributed by atoms with Gasteiger partial charge >= 0.3 is 0 Å². The lowest BCUT2D eigenvalue weighted by Gasteiger charge is -2.05. The van der Waals surface area contributed by atoms with Gasteiger partial charge in [-0.1, -0.05) is 104 Å². The summed E-state index contributed by atoms with van der Waals surface area (Å²) in [6.45, 7) is 4.67. The van der Waals surface area contributed by atoms with Gasteiger partial charge in [0.15, 0.2) is 0 Å². The van der Waals surface area contributed by atoms with Gasteiger partial charge in [0, 0.05) is 8.55 Å². The van der Waals surface area contributed by atoms with E-state index in [-0.39, 0.29) is 8.55 Å². The first-order valence-corrected chi connectivity index (χ1v) is 20.6. The lowest BCUT2D eigenvalue weighted by atomic mass is 10.0. The summed E-state index contributed by atoms with van der Waals surface area (Å²) in [6.07, 6.45) is 20.1. The van der Waals surface area contributed by atoms with Crippen molar-refractivity contribution in [2.45, 2.75) is 110 Å². The molecule has 1 N–H and O–H groups in total. The fourth-order valence-electron chi connectivity index (χ4n) is 3.08. The molecule has 134 valence electrons. The van der Waals surface area contributed by atoms with Crippen molar-refractivity contribution >= 4 is 26.9 Å². The lowest BCUT2D eigenvalue weighted by molar-refractivity contribution is 0.503. The Bertz CT molecular complexity index is 213. The Morgan fingerprint density at radius 1 is 0.727 bits per heavy atom. The van der Waals surface area contributed by atoms with Crippen LogP contribution < -0.4 is 0 Å². The van der Waals surface area contributed by atoms with Crippen molar-refractivity contribution in [2.75, 3.05) is 0 Å². The van der Waals surface area contributed by atoms with Crippen LogP contribution in [0.1, 0.15) is 104 Å². The van der Waals surface area contributed by atoms with Crippen molar-refractivity contribution in [3.8, 4) is 0 Å². The Hall–Kier alpha value is 0.611. The van der Waals surface area contributed by atoms with Gasteiger partial charge in [-0.3, -0.25) is 0 Å². The molecule has 0 radical (unpaired) electrons. The number of unbranched alkanes of at least 4 members (excludes halogenated alkanes) is 12. The van der Waals surface area contributed by atoms with Crippen molar-refractivity contribution in [2.24, 2.45) is 5.92 Å². The van der Waals surface area contributed by atoms with Gasteiger partial charge in [0.05, 0.1) is 0 Å². The predicted molar refractivity (Wildman–Crippen MR) is 112 cm³/mol. The van der Waals surface area contributed by atoms with Crippen LogP contribution in [0.5, 0.6) is 0 Å². The standard InChI is InChI=1S/C18H44OSi3/c1-18(2)16-14-12-10-8-6-4-3-5-7-9-11-13-15-17-22(19)21-20/h18-19,22H,3-17,21H2,1-2,20H3. The molecule has 0 fully saturated rings. The van der Waals surface area contributed by atoms with Gasteiger partial charge in [0.2, 0.25) is 0 Å². The Kier molecular flexibility index (Phi) is 18.5. The van der Waals surface area contributed by atoms with E-state index in [4.69, 9.17) is 0 Å². The van der Waals surface area contributed by atoms with E-state index < -0.39 is 8.56 Å². The second-order valence-electron chi connectivity index (χ2n) is 7.63. The average molecular weight is 361 g/mol. The smallest absolute Gasteiger partial charge is 0.150 e. The molecule has 0 spiro atoms. The maximum Gasteiger partial charge on any atom is 0.150 e. The first-order chi connectivity index (χ1) is 10.7. The number of hydrogen-bond donors (Lipinski definition) is 1. The van der Waals surface area contributed by atoms with Gasteiger partial charge in [-0.2, -0.15) is 0 Å². The second kappa shape index (κ2) is 18.0. The molecule has 0 aromatic heterocycles. The molecule has 0 aromatic carbocycles. The molecule has 0 saturated heterocycles. The van der Waals surface area contributed by atoms with Crippen LogP contribution in [0.15, 0.2) is 0 Å². The van der Waals surface area contributed by atoms with Crippen molar-refractivity contribution < 1.29 is 4.80 Å². The van der Waals surface area contributed by atoms with Crippen LogP contribution >= 0.6 is 0 Å². The van der Waals surface area contributed by atoms with E-state index in [1.165, 1.54) is 106 Å². The highest BCUT2D eigenvalue weighted by molar-refractivity contribution is 7.28. The monoisotopic (exact) mass is 360 g/mol. The Balaban J connectivity index is 3.00. The third-order valence-corrected chi connectivity index (χ3v) is 19.3. The summed E-state index contributed by atoms with van der Waals surface area (Å²) < 4.78 is 0. The van der Waals surface area contributed by atoms with Crippen molar-refractivity contribution in [3.05, 3.63) is 0 Å². The summed E-state index contributed by atoms with van der Waals surface area (Å²) in [7, 11) is 0.373. The first kappa shape index (κ1) is 22.6. The molecule has 1 unspecified atom stereocenters. The predicted octanol–water partition coefficient (Wildman–Crippen LogP) is 3.77. The minimum atomic E-state index is -1.08. The van der Waals surface area contributed by atoms with Gasteiger partial charge in [-0.05, 0) is 21.7 Å². The molecule has 0 amide bonds. The third kappa shape index (κ3) is 18.7. The highest BCUT2D eigenvalue weighted by atomic mass is 29.5. The zero-order valence-electron chi connectivity index (χ0n) is 15.9. The molecule has 0 bridgehead atoms. The Morgan fingerprint density at radius 2 is 1.09 bits per heavy atom. The Morgan fingerprint density at radius 3 is 1.45 bits per heavy atom. The summed E-state index contributed by atoms with van der Waals surface area (Å²) >= 11 is 0. The molecule has 0 rings (SSSR count). The maximum atomic E-state index is 9.71. The van der Waals surface area contributed by atoms with E-state index in [0.29, 0.717) is 0 Å². The van der Waals surface area contributed by atoms with Crippen LogP contribution in [0, 0.1) is 5.92 Å². The molecule has 0 aliphatic heterocycles. The van der Waals surface area contributed by atoms with Crippen molar-refractivity contribution in [1.29, 1.82) is 0 Å². The summed E-state index contributed by atoms with van der Waals surface area (Å²) in [5, 5.41) is 0. The highest BCUT2D eigenvalue weighted by Gasteiger charge is 2.02. The molecule has 1 nitrogen and oxygen atoms in total. The molecule has 22 heavy (non-hydrogen) atoms. The average Bonchev–Trinajstić information content (AvgIpc) is 2.50. The van der Waals surface area contributed by atoms with Gasteiger partial charge in [-0.15, -0.1) is 0 Å². The highest BCUT2D eigenvalue weighted by Crippen LogP contribution is 2.14. The molecule has 4 heteroatoms. The van der Waals surface area contributed by atoms with Crippen LogP contribution in [-0.2, 0) is 0 Å². The van der Waals surface area contributed by atoms with Gasteiger partial charge in [0.25, 0.3) is 0 Å². The van der Waals surface area contributed by atoms with E-state index in [9.17, 15) is 4.80 Å². The van der Waals surface area contributed by atoms with E-state index in [2.05, 4.69) is 13.8 Å². The van der Waals surface area contributed by atoms with Crippen LogP contribution in [-0.4, -0.2) is 31.7 Å². The minimum Gasteiger partial charge on any atom is -0.439 e. The quantitative estimate of drug-likeness (QED) is 0.309. The normalized spacial score (nSPS) is 13.6. The lowest BCUT2D eigenvalue weighted by Crippen LogP contribution is -2.21. The molecule has 0 heterocycles. The molecule has 0 aliphatic rings. The van der Waals surface area contributed by atoms with Crippen LogP contribution in [0.3, 0.4) is 0 Å². The fraction of sp³-hybridized carbons (Fsp3) is 1.00. The van der Waals surface area contributed by atoms with Crippen molar-refractivity contribution in [3.63, 3.8) is 0 Å². The second-order valence-corrected chi connectivity index (χ2v) is 23.0. The largest absolute Gasteiger partial charge is 0.439 e. The Labute approximate surface area is 147 Å². The van der Waals surface area contributed by atoms with Gasteiger partial charge in [-0.25, -0.2) is 0 Å². The number of rotatable bonds is 17. The molecule has 0 saturated carbocycles. The van der Waals surface area contributed by atoms with Crippen molar-refractivity contribution in [1.82, 2.24) is 0 Å². The summed E-state index contributed by atoms with van der Waals surface area (Å²) in [6, 6.07) is 1.24. The maximum absolute atomic E-state index is 9.71. The molecular formula is C18H44OSi3. The zero-order valence-corrected chi connectivity index (χ0v) is 20.5.